The summed E-state index contributed by atoms with van der Waals surface area (Å²) in [5.74, 6) is 0.547. The van der Waals surface area contributed by atoms with Gasteiger partial charge in [0.2, 0.25) is 0 Å². The third kappa shape index (κ3) is 1.99. The summed E-state index contributed by atoms with van der Waals surface area (Å²) in [5.41, 5.74) is 1.54. The van der Waals surface area contributed by atoms with Crippen LogP contribution in [0.5, 0.6) is 0 Å². The van der Waals surface area contributed by atoms with Crippen molar-refractivity contribution in [2.75, 3.05) is 5.75 Å². The molecule has 0 fully saturated rings. The summed E-state index contributed by atoms with van der Waals surface area (Å²) in [5, 5.41) is 0.760. The number of thioether (sulfide) groups is 1. The van der Waals surface area contributed by atoms with Gasteiger partial charge in [-0.1, -0.05) is 11.8 Å². The van der Waals surface area contributed by atoms with E-state index in [1.165, 1.54) is 18.1 Å². The van der Waals surface area contributed by atoms with Gasteiger partial charge in [0.25, 0.3) is 0 Å². The molecule has 0 amide bonds. The number of ketones is 1. The third-order valence-corrected chi connectivity index (χ3v) is 3.00. The molecule has 0 aromatic carbocycles. The molecule has 0 atom stereocenters. The largest absolute Gasteiger partial charge is 0.318 e. The Kier molecular flexibility index (Phi) is 2.68. The van der Waals surface area contributed by atoms with Crippen LogP contribution < -0.4 is 0 Å². The van der Waals surface area contributed by atoms with E-state index in [0.29, 0.717) is 5.75 Å². The third-order valence-electron chi connectivity index (χ3n) is 1.88. The van der Waals surface area contributed by atoms with Gasteiger partial charge < -0.3 is 4.57 Å². The van der Waals surface area contributed by atoms with Gasteiger partial charge in [0.1, 0.15) is 22.7 Å². The molecular formula is C9H10N4OS. The van der Waals surface area contributed by atoms with Crippen molar-refractivity contribution in [3.63, 3.8) is 0 Å². The van der Waals surface area contributed by atoms with E-state index >= 15 is 0 Å². The van der Waals surface area contributed by atoms with E-state index in [1.54, 1.807) is 13.3 Å². The molecule has 0 N–H and O–H groups in total. The van der Waals surface area contributed by atoms with Crippen molar-refractivity contribution in [2.24, 2.45) is 7.05 Å². The Morgan fingerprint density at radius 1 is 1.47 bits per heavy atom. The molecule has 2 aromatic rings. The number of carbonyl (C=O) groups excluding carboxylic acids is 1. The summed E-state index contributed by atoms with van der Waals surface area (Å²) in [4.78, 5) is 23.3. The predicted octanol–water partition coefficient (Wildman–Crippen LogP) is 1.04. The number of aryl methyl sites for hydroxylation is 1. The number of hydrogen-bond donors (Lipinski definition) is 0. The molecule has 5 nitrogen and oxygen atoms in total. The number of carbonyl (C=O) groups is 1. The van der Waals surface area contributed by atoms with E-state index in [1.807, 2.05) is 11.6 Å². The summed E-state index contributed by atoms with van der Waals surface area (Å²) < 4.78 is 1.83. The Balaban J connectivity index is 2.38. The van der Waals surface area contributed by atoms with Crippen LogP contribution in [0.2, 0.25) is 0 Å². The standard InChI is InChI=1S/C9H10N4OS/c1-6(14)3-15-9-7-8(10-4-11-9)13(2)5-12-7/h4-5H,3H2,1-2H3. The molecule has 2 heterocycles. The Hall–Kier alpha value is -1.43. The lowest BCUT2D eigenvalue weighted by molar-refractivity contribution is -0.114. The molecule has 0 aliphatic rings. The van der Waals surface area contributed by atoms with Gasteiger partial charge in [0.15, 0.2) is 5.65 Å². The molecule has 0 saturated heterocycles. The van der Waals surface area contributed by atoms with Crippen molar-refractivity contribution in [1.29, 1.82) is 0 Å². The number of aromatic nitrogens is 4. The predicted molar refractivity (Wildman–Crippen MR) is 57.7 cm³/mol. The van der Waals surface area contributed by atoms with Crippen LogP contribution in [0.4, 0.5) is 0 Å². The second-order valence-corrected chi connectivity index (χ2v) is 4.16. The van der Waals surface area contributed by atoms with Crippen LogP contribution in [0, 0.1) is 0 Å². The quantitative estimate of drug-likeness (QED) is 0.573. The van der Waals surface area contributed by atoms with E-state index in [9.17, 15) is 4.79 Å². The molecule has 78 valence electrons. The normalized spacial score (nSPS) is 10.8. The molecule has 0 unspecified atom stereocenters. The van der Waals surface area contributed by atoms with Gasteiger partial charge in [-0.3, -0.25) is 4.79 Å². The minimum atomic E-state index is 0.127. The molecule has 15 heavy (non-hydrogen) atoms. The summed E-state index contributed by atoms with van der Waals surface area (Å²) in [6.45, 7) is 1.56. The average molecular weight is 222 g/mol. The van der Waals surface area contributed by atoms with Crippen molar-refractivity contribution in [3.05, 3.63) is 12.7 Å². The van der Waals surface area contributed by atoms with Gasteiger partial charge in [-0.15, -0.1) is 0 Å². The summed E-state index contributed by atoms with van der Waals surface area (Å²) in [7, 11) is 1.88. The maximum absolute atomic E-state index is 10.9. The molecule has 6 heteroatoms. The van der Waals surface area contributed by atoms with Crippen LogP contribution in [0.1, 0.15) is 6.92 Å². The summed E-state index contributed by atoms with van der Waals surface area (Å²) >= 11 is 1.39. The fourth-order valence-electron chi connectivity index (χ4n) is 1.20. The second-order valence-electron chi connectivity index (χ2n) is 3.20. The fourth-order valence-corrected chi connectivity index (χ4v) is 1.94. The highest BCUT2D eigenvalue weighted by atomic mass is 32.2. The van der Waals surface area contributed by atoms with Crippen LogP contribution >= 0.6 is 11.8 Å². The first-order valence-corrected chi connectivity index (χ1v) is 5.41. The zero-order chi connectivity index (χ0) is 10.8. The average Bonchev–Trinajstić information content (AvgIpc) is 2.58. The van der Waals surface area contributed by atoms with Gasteiger partial charge in [0, 0.05) is 7.05 Å². The van der Waals surface area contributed by atoms with Gasteiger partial charge in [-0.05, 0) is 6.92 Å². The van der Waals surface area contributed by atoms with Crippen LogP contribution in [-0.4, -0.2) is 31.1 Å². The molecule has 2 aromatic heterocycles. The Bertz CT molecular complexity index is 508. The van der Waals surface area contributed by atoms with E-state index in [-0.39, 0.29) is 5.78 Å². The maximum Gasteiger partial charge on any atom is 0.164 e. The number of nitrogens with zero attached hydrogens (tertiary/aromatic N) is 4. The van der Waals surface area contributed by atoms with Crippen molar-refractivity contribution in [3.8, 4) is 0 Å². The lowest BCUT2D eigenvalue weighted by Crippen LogP contribution is -1.95. The highest BCUT2D eigenvalue weighted by Gasteiger charge is 2.09. The first kappa shape index (κ1) is 10.1. The first-order valence-electron chi connectivity index (χ1n) is 4.42. The minimum absolute atomic E-state index is 0.127. The molecule has 0 bridgehead atoms. The van der Waals surface area contributed by atoms with E-state index in [4.69, 9.17) is 0 Å². The maximum atomic E-state index is 10.9. The van der Waals surface area contributed by atoms with Gasteiger partial charge in [0.05, 0.1) is 12.1 Å². The Labute approximate surface area is 90.9 Å². The molecule has 0 radical (unpaired) electrons. The molecule has 0 saturated carbocycles. The zero-order valence-electron chi connectivity index (χ0n) is 8.47. The minimum Gasteiger partial charge on any atom is -0.318 e. The van der Waals surface area contributed by atoms with E-state index < -0.39 is 0 Å². The first-order chi connectivity index (χ1) is 7.18. The number of fused-ring (bicyclic) bond motifs is 1. The van der Waals surface area contributed by atoms with Gasteiger partial charge in [-0.2, -0.15) is 0 Å². The SMILES string of the molecule is CC(=O)CSc1ncnc2c1ncn2C. The number of imidazole rings is 1. The van der Waals surface area contributed by atoms with Crippen LogP contribution in [0.15, 0.2) is 17.7 Å². The van der Waals surface area contributed by atoms with Crippen molar-refractivity contribution in [1.82, 2.24) is 19.5 Å². The topological polar surface area (TPSA) is 60.7 Å². The lowest BCUT2D eigenvalue weighted by Gasteiger charge is -1.98. The molecular weight excluding hydrogens is 212 g/mol. The monoisotopic (exact) mass is 222 g/mol. The summed E-state index contributed by atoms with van der Waals surface area (Å²) in [6.07, 6.45) is 3.18. The van der Waals surface area contributed by atoms with Crippen LogP contribution in [0.25, 0.3) is 11.2 Å². The highest BCUT2D eigenvalue weighted by molar-refractivity contribution is 8.00. The molecule has 0 aliphatic heterocycles. The van der Waals surface area contributed by atoms with Crippen LogP contribution in [0.3, 0.4) is 0 Å². The van der Waals surface area contributed by atoms with Crippen LogP contribution in [-0.2, 0) is 11.8 Å². The van der Waals surface area contributed by atoms with Gasteiger partial charge in [-0.25, -0.2) is 15.0 Å². The summed E-state index contributed by atoms with van der Waals surface area (Å²) in [6, 6.07) is 0. The van der Waals surface area contributed by atoms with Crippen molar-refractivity contribution in [2.45, 2.75) is 11.9 Å². The Morgan fingerprint density at radius 2 is 2.27 bits per heavy atom. The Morgan fingerprint density at radius 3 is 3.00 bits per heavy atom. The molecule has 0 aliphatic carbocycles. The van der Waals surface area contributed by atoms with Crippen molar-refractivity contribution < 1.29 is 4.79 Å². The number of hydrogen-bond acceptors (Lipinski definition) is 5. The zero-order valence-corrected chi connectivity index (χ0v) is 9.28. The molecule has 2 rings (SSSR count). The number of Topliss-reactive ketones (excluding diaryl/α,β-unsaturated/α-hetero) is 1. The van der Waals surface area contributed by atoms with Crippen molar-refractivity contribution >= 4 is 28.7 Å². The number of rotatable bonds is 3. The second kappa shape index (κ2) is 3.98. The smallest absolute Gasteiger partial charge is 0.164 e. The lowest BCUT2D eigenvalue weighted by atomic mass is 10.5. The fraction of sp³-hybridized carbons (Fsp3) is 0.333. The molecule has 0 spiro atoms. The van der Waals surface area contributed by atoms with Gasteiger partial charge >= 0.3 is 0 Å². The van der Waals surface area contributed by atoms with E-state index in [2.05, 4.69) is 15.0 Å². The van der Waals surface area contributed by atoms with E-state index in [0.717, 1.165) is 16.2 Å². The highest BCUT2D eigenvalue weighted by Crippen LogP contribution is 2.22.